The Bertz CT molecular complexity index is 1170. The average molecular weight is 498 g/mol. The van der Waals surface area contributed by atoms with E-state index < -0.39 is 0 Å². The van der Waals surface area contributed by atoms with E-state index in [-0.39, 0.29) is 30.2 Å². The van der Waals surface area contributed by atoms with E-state index in [4.69, 9.17) is 16.3 Å². The largest absolute Gasteiger partial charge is 0.489 e. The van der Waals surface area contributed by atoms with E-state index in [1.54, 1.807) is 48.4 Å². The Labute approximate surface area is 208 Å². The molecule has 1 aromatic carbocycles. The molecule has 0 atom stereocenters. The second-order valence-electron chi connectivity index (χ2n) is 8.41. The minimum atomic E-state index is -0.321. The van der Waals surface area contributed by atoms with E-state index in [2.05, 4.69) is 15.4 Å². The van der Waals surface area contributed by atoms with Crippen molar-refractivity contribution in [3.05, 3.63) is 65.2 Å². The molecule has 2 N–H and O–H groups in total. The summed E-state index contributed by atoms with van der Waals surface area (Å²) in [6, 6.07) is 8.90. The van der Waals surface area contributed by atoms with E-state index in [0.717, 1.165) is 11.1 Å². The van der Waals surface area contributed by atoms with Gasteiger partial charge in [-0.2, -0.15) is 5.10 Å². The Hall–Kier alpha value is -3.43. The second kappa shape index (κ2) is 11.3. The summed E-state index contributed by atoms with van der Waals surface area (Å²) < 4.78 is 7.98. The van der Waals surface area contributed by atoms with Crippen LogP contribution in [0.4, 0.5) is 0 Å². The van der Waals surface area contributed by atoms with E-state index >= 15 is 0 Å². The number of nitrogens with zero attached hydrogens (tertiary/aromatic N) is 4. The number of aliphatic hydroxyl groups excluding tert-OH is 1. The van der Waals surface area contributed by atoms with Gasteiger partial charge in [0.2, 0.25) is 5.91 Å². The van der Waals surface area contributed by atoms with Crippen LogP contribution in [0.3, 0.4) is 0 Å². The van der Waals surface area contributed by atoms with Crippen molar-refractivity contribution in [3.8, 4) is 16.9 Å². The number of hydrogen-bond acceptors (Lipinski definition) is 6. The summed E-state index contributed by atoms with van der Waals surface area (Å²) in [6.07, 6.45) is 6.39. The molecule has 1 aliphatic rings. The van der Waals surface area contributed by atoms with Crippen molar-refractivity contribution in [2.45, 2.75) is 39.0 Å². The number of ether oxygens (including phenoxy) is 1. The molecule has 1 fully saturated rings. The van der Waals surface area contributed by atoms with Crippen LogP contribution in [-0.4, -0.2) is 62.4 Å². The first-order valence-electron chi connectivity index (χ1n) is 11.5. The molecular weight excluding hydrogens is 470 g/mol. The van der Waals surface area contributed by atoms with Gasteiger partial charge in [0.1, 0.15) is 17.5 Å². The minimum Gasteiger partial charge on any atom is -0.489 e. The number of likely N-dealkylation sites (tertiary alicyclic amines) is 1. The number of pyridine rings is 1. The fourth-order valence-electron chi connectivity index (χ4n) is 3.95. The first-order valence-corrected chi connectivity index (χ1v) is 11.9. The number of aliphatic hydroxyl groups is 1. The number of rotatable bonds is 8. The lowest BCUT2D eigenvalue weighted by atomic mass is 10.1. The Balaban J connectivity index is 1.53. The second-order valence-corrected chi connectivity index (χ2v) is 8.85. The predicted molar refractivity (Wildman–Crippen MR) is 131 cm³/mol. The molecular formula is C25H28ClN5O4. The van der Waals surface area contributed by atoms with Crippen molar-refractivity contribution < 1.29 is 19.4 Å². The zero-order chi connectivity index (χ0) is 24.8. The minimum absolute atomic E-state index is 0.0236. The van der Waals surface area contributed by atoms with Gasteiger partial charge in [-0.3, -0.25) is 19.3 Å². The fraction of sp³-hybridized carbons (Fsp3) is 0.360. The molecule has 9 nitrogen and oxygen atoms in total. The summed E-state index contributed by atoms with van der Waals surface area (Å²) in [5.41, 5.74) is 2.64. The zero-order valence-electron chi connectivity index (χ0n) is 19.5. The maximum Gasteiger partial charge on any atom is 0.270 e. The number of nitrogens with one attached hydrogen (secondary N) is 1. The lowest BCUT2D eigenvalue weighted by Crippen LogP contribution is -2.40. The van der Waals surface area contributed by atoms with Crippen molar-refractivity contribution in [2.24, 2.45) is 0 Å². The number of carbonyl (C=O) groups is 2. The molecule has 1 saturated heterocycles. The van der Waals surface area contributed by atoms with Gasteiger partial charge in [-0.15, -0.1) is 0 Å². The van der Waals surface area contributed by atoms with Crippen molar-refractivity contribution >= 4 is 23.4 Å². The highest BCUT2D eigenvalue weighted by molar-refractivity contribution is 6.30. The quantitative estimate of drug-likeness (QED) is 0.495. The molecule has 10 heteroatoms. The molecule has 3 heterocycles. The topological polar surface area (TPSA) is 110 Å². The van der Waals surface area contributed by atoms with Crippen LogP contribution in [0.25, 0.3) is 11.1 Å². The molecule has 2 amide bonds. The Morgan fingerprint density at radius 3 is 2.63 bits per heavy atom. The van der Waals surface area contributed by atoms with Crippen molar-refractivity contribution in [2.75, 3.05) is 19.7 Å². The number of halogens is 1. The molecule has 0 saturated carbocycles. The van der Waals surface area contributed by atoms with Gasteiger partial charge in [0.05, 0.1) is 19.3 Å². The molecule has 0 unspecified atom stereocenters. The lowest BCUT2D eigenvalue weighted by Gasteiger charge is -2.31. The molecule has 1 aliphatic heterocycles. The zero-order valence-corrected chi connectivity index (χ0v) is 20.2. The molecule has 0 spiro atoms. The molecule has 0 bridgehead atoms. The van der Waals surface area contributed by atoms with Crippen LogP contribution < -0.4 is 10.1 Å². The van der Waals surface area contributed by atoms with Crippen LogP contribution in [0.5, 0.6) is 5.75 Å². The van der Waals surface area contributed by atoms with Crippen LogP contribution in [0, 0.1) is 0 Å². The summed E-state index contributed by atoms with van der Waals surface area (Å²) in [7, 11) is 0. The number of amides is 2. The highest BCUT2D eigenvalue weighted by Crippen LogP contribution is 2.32. The molecule has 0 radical (unpaired) electrons. The maximum absolute atomic E-state index is 12.8. The van der Waals surface area contributed by atoms with E-state index in [1.165, 1.54) is 0 Å². The predicted octanol–water partition coefficient (Wildman–Crippen LogP) is 2.91. The van der Waals surface area contributed by atoms with Gasteiger partial charge >= 0.3 is 0 Å². The lowest BCUT2D eigenvalue weighted by molar-refractivity contribution is -0.130. The number of piperidine rings is 1. The van der Waals surface area contributed by atoms with Crippen molar-refractivity contribution in [1.82, 2.24) is 25.0 Å². The third kappa shape index (κ3) is 6.37. The van der Waals surface area contributed by atoms with Crippen molar-refractivity contribution in [3.63, 3.8) is 0 Å². The van der Waals surface area contributed by atoms with E-state index in [0.29, 0.717) is 55.4 Å². The van der Waals surface area contributed by atoms with Crippen LogP contribution >= 0.6 is 11.6 Å². The number of carbonyl (C=O) groups excluding carboxylic acids is 2. The molecule has 3 aromatic rings. The Morgan fingerprint density at radius 1 is 1.20 bits per heavy atom. The normalized spacial score (nSPS) is 14.1. The highest BCUT2D eigenvalue weighted by Gasteiger charge is 2.24. The summed E-state index contributed by atoms with van der Waals surface area (Å²) in [4.78, 5) is 30.7. The highest BCUT2D eigenvalue weighted by atomic mass is 35.5. The Kier molecular flexibility index (Phi) is 7.99. The van der Waals surface area contributed by atoms with E-state index in [1.807, 2.05) is 17.0 Å². The smallest absolute Gasteiger partial charge is 0.270 e. The maximum atomic E-state index is 12.8. The molecule has 2 aromatic heterocycles. The van der Waals surface area contributed by atoms with Gasteiger partial charge in [0.15, 0.2) is 0 Å². The van der Waals surface area contributed by atoms with Crippen LogP contribution in [0.2, 0.25) is 5.02 Å². The molecule has 35 heavy (non-hydrogen) atoms. The number of aromatic nitrogens is 3. The van der Waals surface area contributed by atoms with Gasteiger partial charge in [0.25, 0.3) is 5.91 Å². The first kappa shape index (κ1) is 24.7. The standard InChI is InChI=1S/C25H28ClN5O4/c1-17(33)30-8-6-21(7-9-30)35-24-12-23(25(34)28-13-18-2-4-20(26)5-3-18)27-15-22(24)19-14-29-31(16-19)10-11-32/h2-5,12,14-16,21,32H,6-11,13H2,1H3,(H,28,34). The number of benzene rings is 1. The first-order chi connectivity index (χ1) is 16.9. The SMILES string of the molecule is CC(=O)N1CCC(Oc2cc(C(=O)NCc3ccc(Cl)cc3)ncc2-c2cnn(CCO)c2)CC1. The fourth-order valence-corrected chi connectivity index (χ4v) is 4.07. The summed E-state index contributed by atoms with van der Waals surface area (Å²) >= 11 is 5.93. The monoisotopic (exact) mass is 497 g/mol. The third-order valence-electron chi connectivity index (χ3n) is 5.92. The summed E-state index contributed by atoms with van der Waals surface area (Å²) in [5.74, 6) is 0.268. The van der Waals surface area contributed by atoms with Gasteiger partial charge in [0, 0.05) is 74.0 Å². The third-order valence-corrected chi connectivity index (χ3v) is 6.17. The number of hydrogen-bond donors (Lipinski definition) is 2. The Morgan fingerprint density at radius 2 is 1.94 bits per heavy atom. The van der Waals surface area contributed by atoms with Crippen LogP contribution in [-0.2, 0) is 17.9 Å². The van der Waals surface area contributed by atoms with E-state index in [9.17, 15) is 14.7 Å². The van der Waals surface area contributed by atoms with Gasteiger partial charge in [-0.05, 0) is 17.7 Å². The van der Waals surface area contributed by atoms with Crippen molar-refractivity contribution in [1.29, 1.82) is 0 Å². The molecule has 4 rings (SSSR count). The average Bonchev–Trinajstić information content (AvgIpc) is 3.32. The van der Waals surface area contributed by atoms with Gasteiger partial charge < -0.3 is 20.1 Å². The van der Waals surface area contributed by atoms with Gasteiger partial charge in [-0.1, -0.05) is 23.7 Å². The summed E-state index contributed by atoms with van der Waals surface area (Å²) in [6.45, 7) is 3.52. The summed E-state index contributed by atoms with van der Waals surface area (Å²) in [5, 5.41) is 17.0. The van der Waals surface area contributed by atoms with Gasteiger partial charge in [-0.25, -0.2) is 0 Å². The van der Waals surface area contributed by atoms with Crippen LogP contribution in [0.1, 0.15) is 35.8 Å². The molecule has 184 valence electrons. The van der Waals surface area contributed by atoms with Crippen LogP contribution in [0.15, 0.2) is 48.9 Å². The molecule has 0 aliphatic carbocycles.